The Labute approximate surface area is 490 Å². The van der Waals surface area contributed by atoms with E-state index in [4.69, 9.17) is 9.47 Å². The Hall–Kier alpha value is -3.37. The van der Waals surface area contributed by atoms with Crippen LogP contribution in [0.1, 0.15) is 37.5 Å². The van der Waals surface area contributed by atoms with Crippen molar-refractivity contribution in [2.45, 2.75) is 33.4 Å². The van der Waals surface area contributed by atoms with Crippen molar-refractivity contribution in [3.05, 3.63) is 107 Å². The Balaban J connectivity index is 0.00000666. The molecule has 0 aromatic heterocycles. The molecule has 0 atom stereocenters. The second-order valence-corrected chi connectivity index (χ2v) is 20.2. The molecule has 0 fully saturated rings. The molecule has 0 saturated carbocycles. The van der Waals surface area contributed by atoms with Crippen LogP contribution in [0.25, 0.3) is 21.5 Å². The minimum Gasteiger partial charge on any atom is -1.00 e. The first kappa shape index (κ1) is 59.2. The average molecular weight is 1080 g/mol. The van der Waals surface area contributed by atoms with Crippen molar-refractivity contribution in [3.8, 4) is 11.5 Å². The van der Waals surface area contributed by atoms with E-state index in [1.165, 1.54) is 38.1 Å². The first-order valence-electron chi connectivity index (χ1n) is 18.2. The fourth-order valence-electron chi connectivity index (χ4n) is 7.17. The molecule has 0 saturated heterocycles. The standard InChI is InChI=1S/C39H26N4O19S4.4Na.4H/c1-17-3-5-21(11-27(17)35(44)42-29-13-23(63(49,50)51)7-19-9-25(65(55,56)57)15-31(33(19)29)61-38(42)47)40-37(46)41-22-6-4-18(2)28(12-22)36(45)43-30-14-24(64(52,53)54)8-20-10-26(66(58,59)60)16-32(34(20)30)62-39(43)48;;;;;;;;/h3-16H,1-2H3,(H2,40,41,46)(H,49,50,51)(H,52,53,54)(H,55,56,57)(H,58,59,60);;;;;;;;/q;4*+1;4*-1. The molecule has 2 aliphatic rings. The maximum Gasteiger partial charge on any atom is 1.00 e. The van der Waals surface area contributed by atoms with Crippen molar-refractivity contribution < 1.29 is 209 Å². The van der Waals surface area contributed by atoms with Crippen molar-refractivity contribution in [3.63, 3.8) is 0 Å². The smallest absolute Gasteiger partial charge is 1.00 e. The van der Waals surface area contributed by atoms with Gasteiger partial charge in [0.1, 0.15) is 11.5 Å². The molecule has 6 aromatic carbocycles. The van der Waals surface area contributed by atoms with Crippen LogP contribution in [0.2, 0.25) is 0 Å². The molecule has 0 unspecified atom stereocenters. The summed E-state index contributed by atoms with van der Waals surface area (Å²) in [5.41, 5.74) is -1.13. The van der Waals surface area contributed by atoms with Gasteiger partial charge in [0.2, 0.25) is 0 Å². The van der Waals surface area contributed by atoms with Gasteiger partial charge >= 0.3 is 136 Å². The summed E-state index contributed by atoms with van der Waals surface area (Å²) in [7, 11) is -20.0. The van der Waals surface area contributed by atoms with Crippen LogP contribution in [0.3, 0.4) is 0 Å². The third kappa shape index (κ3) is 11.5. The molecule has 0 radical (unpaired) electrons. The van der Waals surface area contributed by atoms with Gasteiger partial charge in [-0.15, -0.1) is 0 Å². The van der Waals surface area contributed by atoms with Gasteiger partial charge in [0.05, 0.1) is 31.0 Å². The number of benzene rings is 6. The van der Waals surface area contributed by atoms with Crippen LogP contribution < -0.4 is 148 Å². The molecule has 6 N–H and O–H groups in total. The van der Waals surface area contributed by atoms with Crippen molar-refractivity contribution >= 4 is 115 Å². The fraction of sp³-hybridized carbons (Fsp3) is 0.0513. The third-order valence-corrected chi connectivity index (χ3v) is 13.5. The quantitative estimate of drug-likeness (QED) is 0.0610. The molecule has 70 heavy (non-hydrogen) atoms. The number of hydrogen-bond donors (Lipinski definition) is 6. The second-order valence-electron chi connectivity index (χ2n) is 14.5. The molecule has 23 nitrogen and oxygen atoms in total. The second kappa shape index (κ2) is 21.2. The van der Waals surface area contributed by atoms with E-state index in [-0.39, 0.29) is 179 Å². The molecular formula is C39H30N4Na4O19S4. The largest absolute Gasteiger partial charge is 1.00 e. The summed E-state index contributed by atoms with van der Waals surface area (Å²) in [6, 6.07) is 13.1. The van der Waals surface area contributed by atoms with E-state index in [9.17, 15) is 75.9 Å². The van der Waals surface area contributed by atoms with E-state index in [2.05, 4.69) is 10.6 Å². The van der Waals surface area contributed by atoms with Crippen LogP contribution in [-0.2, 0) is 40.5 Å². The Morgan fingerprint density at radius 3 is 1.09 bits per heavy atom. The molecular weight excluding hydrogens is 1050 g/mol. The van der Waals surface area contributed by atoms with E-state index in [0.29, 0.717) is 9.80 Å². The summed E-state index contributed by atoms with van der Waals surface area (Å²) in [5, 5.41) is 4.07. The molecule has 0 bridgehead atoms. The van der Waals surface area contributed by atoms with Crippen LogP contribution in [0.4, 0.5) is 37.1 Å². The average Bonchev–Trinajstić information content (AvgIpc) is 3.20. The van der Waals surface area contributed by atoms with Crippen molar-refractivity contribution in [2.24, 2.45) is 0 Å². The van der Waals surface area contributed by atoms with E-state index in [1.54, 1.807) is 0 Å². The van der Waals surface area contributed by atoms with Crippen LogP contribution in [0.15, 0.2) is 105 Å². The van der Waals surface area contributed by atoms with Crippen molar-refractivity contribution in [1.29, 1.82) is 0 Å². The van der Waals surface area contributed by atoms with E-state index >= 15 is 0 Å². The molecule has 31 heteroatoms. The SMILES string of the molecule is Cc1ccc(NC(=O)Nc2ccc(C)c(C(=O)N3C(=O)Oc4cc(S(=O)(=O)O)cc5cc(S(=O)(=O)O)cc3c45)c2)cc1C(=O)N1C(=O)Oc2cc(S(=O)(=O)O)cc3cc(S(=O)(=O)O)cc1c23.[H-].[H-].[H-].[H-].[Na+].[Na+].[Na+].[Na+]. The molecule has 6 amide bonds. The first-order chi connectivity index (χ1) is 30.6. The topological polar surface area (TPSA) is 352 Å². The van der Waals surface area contributed by atoms with Gasteiger partial charge in [0.25, 0.3) is 52.3 Å². The maximum absolute atomic E-state index is 14.1. The van der Waals surface area contributed by atoms with Gasteiger partial charge in [0.15, 0.2) is 0 Å². The zero-order chi connectivity index (χ0) is 48.2. The third-order valence-electron chi connectivity index (χ3n) is 10.2. The molecule has 0 spiro atoms. The van der Waals surface area contributed by atoms with Gasteiger partial charge in [-0.3, -0.25) is 27.8 Å². The van der Waals surface area contributed by atoms with Crippen LogP contribution in [0, 0.1) is 13.8 Å². The van der Waals surface area contributed by atoms with Crippen LogP contribution in [0.5, 0.6) is 11.5 Å². The minimum atomic E-state index is -5.05. The van der Waals surface area contributed by atoms with Crippen molar-refractivity contribution in [1.82, 2.24) is 0 Å². The molecule has 2 aliphatic heterocycles. The summed E-state index contributed by atoms with van der Waals surface area (Å²) in [6.45, 7) is 2.90. The van der Waals surface area contributed by atoms with E-state index in [0.717, 1.165) is 60.7 Å². The Morgan fingerprint density at radius 1 is 0.486 bits per heavy atom. The number of anilines is 4. The first-order valence-corrected chi connectivity index (χ1v) is 23.9. The Kier molecular flexibility index (Phi) is 18.0. The summed E-state index contributed by atoms with van der Waals surface area (Å²) in [6.07, 6.45) is -2.89. The van der Waals surface area contributed by atoms with Gasteiger partial charge in [-0.1, -0.05) is 12.1 Å². The molecule has 0 aliphatic carbocycles. The summed E-state index contributed by atoms with van der Waals surface area (Å²) in [5.74, 6) is -3.23. The Morgan fingerprint density at radius 2 is 0.786 bits per heavy atom. The zero-order valence-corrected chi connectivity index (χ0v) is 48.3. The number of hydrogen-bond acceptors (Lipinski definition) is 15. The number of nitrogens with one attached hydrogen (secondary N) is 2. The number of aryl methyl sites for hydroxylation is 2. The van der Waals surface area contributed by atoms with Gasteiger partial charge < -0.3 is 25.8 Å². The number of nitrogens with zero attached hydrogens (tertiary/aromatic N) is 2. The van der Waals surface area contributed by atoms with E-state index in [1.807, 2.05) is 0 Å². The monoisotopic (exact) mass is 1080 g/mol. The van der Waals surface area contributed by atoms with Crippen LogP contribution >= 0.6 is 0 Å². The predicted octanol–water partition coefficient (Wildman–Crippen LogP) is -5.97. The fourth-order valence-corrected chi connectivity index (χ4v) is 9.30. The van der Waals surface area contributed by atoms with E-state index < -0.39 is 113 Å². The summed E-state index contributed by atoms with van der Waals surface area (Å²) >= 11 is 0. The number of ether oxygens (including phenoxy) is 2. The molecule has 8 rings (SSSR count). The van der Waals surface area contributed by atoms with Crippen LogP contribution in [-0.4, -0.2) is 81.9 Å². The number of urea groups is 1. The number of imide groups is 2. The molecule has 6 aromatic rings. The normalized spacial score (nSPS) is 13.1. The predicted molar refractivity (Wildman–Crippen MR) is 232 cm³/mol. The summed E-state index contributed by atoms with van der Waals surface area (Å²) in [4.78, 5) is 65.9. The minimum absolute atomic E-state index is 0. The number of carbonyl (C=O) groups excluding carboxylic acids is 5. The molecule has 348 valence electrons. The van der Waals surface area contributed by atoms with Gasteiger partial charge in [-0.2, -0.15) is 33.7 Å². The number of amides is 6. The Bertz CT molecular complexity index is 3540. The van der Waals surface area contributed by atoms with Crippen molar-refractivity contribution in [2.75, 3.05) is 20.4 Å². The van der Waals surface area contributed by atoms with Gasteiger partial charge in [-0.25, -0.2) is 24.2 Å². The summed E-state index contributed by atoms with van der Waals surface area (Å²) < 4.78 is 146. The number of carbonyl (C=O) groups is 5. The maximum atomic E-state index is 14.1. The van der Waals surface area contributed by atoms with Gasteiger partial charge in [-0.05, 0) is 96.4 Å². The van der Waals surface area contributed by atoms with Gasteiger partial charge in [0, 0.05) is 45.4 Å². The number of rotatable bonds is 8. The zero-order valence-electron chi connectivity index (χ0n) is 41.0. The molecule has 2 heterocycles.